The molecule has 1 heterocycles. The van der Waals surface area contributed by atoms with E-state index in [2.05, 4.69) is 32.9 Å². The number of nitrogens with one attached hydrogen (secondary N) is 1. The molecule has 32 heavy (non-hydrogen) atoms. The molecule has 0 aromatic heterocycles. The summed E-state index contributed by atoms with van der Waals surface area (Å²) in [5.41, 5.74) is 3.37. The van der Waals surface area contributed by atoms with Crippen LogP contribution in [-0.4, -0.2) is 17.8 Å². The number of cyclic esters (lactones) is 1. The van der Waals surface area contributed by atoms with Crippen molar-refractivity contribution in [3.05, 3.63) is 98.8 Å². The van der Waals surface area contributed by atoms with Crippen LogP contribution < -0.4 is 10.1 Å². The Balaban J connectivity index is 1.47. The molecule has 0 spiro atoms. The fourth-order valence-corrected chi connectivity index (χ4v) is 3.39. The maximum Gasteiger partial charge on any atom is 0.363 e. The number of rotatable bonds is 6. The highest BCUT2D eigenvalue weighted by molar-refractivity contribution is 14.1. The van der Waals surface area contributed by atoms with E-state index in [-0.39, 0.29) is 17.5 Å². The zero-order valence-corrected chi connectivity index (χ0v) is 19.3. The molecule has 0 radical (unpaired) electrons. The lowest BCUT2D eigenvalue weighted by Crippen LogP contribution is -2.07. The van der Waals surface area contributed by atoms with Crippen molar-refractivity contribution in [3.63, 3.8) is 0 Å². The second kappa shape index (κ2) is 9.78. The van der Waals surface area contributed by atoms with Crippen LogP contribution in [0.1, 0.15) is 23.6 Å². The summed E-state index contributed by atoms with van der Waals surface area (Å²) in [7, 11) is 0. The van der Waals surface area contributed by atoms with Gasteiger partial charge in [0, 0.05) is 21.7 Å². The molecule has 1 aliphatic heterocycles. The maximum absolute atomic E-state index is 12.3. The highest BCUT2D eigenvalue weighted by Crippen LogP contribution is 2.22. The first-order valence-electron chi connectivity index (χ1n) is 9.84. The third-order valence-electron chi connectivity index (χ3n) is 4.55. The monoisotopic (exact) mass is 538 g/mol. The minimum Gasteiger partial charge on any atom is -0.489 e. The number of benzene rings is 3. The van der Waals surface area contributed by atoms with E-state index in [0.717, 1.165) is 11.1 Å². The summed E-state index contributed by atoms with van der Waals surface area (Å²) >= 11 is 2.27. The van der Waals surface area contributed by atoms with Gasteiger partial charge >= 0.3 is 5.97 Å². The van der Waals surface area contributed by atoms with Gasteiger partial charge in [-0.15, -0.1) is 0 Å². The molecule has 6 nitrogen and oxygen atoms in total. The van der Waals surface area contributed by atoms with Crippen molar-refractivity contribution in [1.82, 2.24) is 0 Å². The Morgan fingerprint density at radius 1 is 1.09 bits per heavy atom. The van der Waals surface area contributed by atoms with E-state index in [4.69, 9.17) is 9.47 Å². The maximum atomic E-state index is 12.3. The fraction of sp³-hybridized carbons (Fsp3) is 0.0800. The molecule has 3 aromatic carbocycles. The van der Waals surface area contributed by atoms with Crippen molar-refractivity contribution in [2.24, 2.45) is 4.99 Å². The summed E-state index contributed by atoms with van der Waals surface area (Å²) in [5.74, 6) is 0.247. The molecule has 4 rings (SSSR count). The number of anilines is 1. The minimum absolute atomic E-state index is 0.155. The second-order valence-electron chi connectivity index (χ2n) is 7.08. The van der Waals surface area contributed by atoms with E-state index < -0.39 is 5.97 Å². The Morgan fingerprint density at radius 3 is 2.56 bits per heavy atom. The summed E-state index contributed by atoms with van der Waals surface area (Å²) in [5, 5.41) is 2.69. The summed E-state index contributed by atoms with van der Waals surface area (Å²) < 4.78 is 12.4. The standard InChI is InChI=1S/C25H19IN2O4/c1-16(29)27-21-11-7-19(8-12-21)24-28-23(25(30)32-24)14-18-3-2-4-22(13-18)31-15-17-5-9-20(26)10-6-17/h2-14H,15H2,1H3,(H,27,29)/b23-14-. The van der Waals surface area contributed by atoms with Crippen LogP contribution in [0.3, 0.4) is 0 Å². The molecule has 3 aromatic rings. The molecule has 160 valence electrons. The highest BCUT2D eigenvalue weighted by atomic mass is 127. The van der Waals surface area contributed by atoms with Crippen LogP contribution in [0.4, 0.5) is 5.69 Å². The molecule has 0 unspecified atom stereocenters. The number of amides is 1. The molecule has 0 saturated heterocycles. The van der Waals surface area contributed by atoms with E-state index in [1.807, 2.05) is 48.5 Å². The number of hydrogen-bond donors (Lipinski definition) is 1. The van der Waals surface area contributed by atoms with Crippen molar-refractivity contribution in [2.45, 2.75) is 13.5 Å². The Morgan fingerprint density at radius 2 is 1.84 bits per heavy atom. The van der Waals surface area contributed by atoms with Crippen LogP contribution in [0, 0.1) is 3.57 Å². The largest absolute Gasteiger partial charge is 0.489 e. The number of hydrogen-bond acceptors (Lipinski definition) is 5. The van der Waals surface area contributed by atoms with Gasteiger partial charge in [0.2, 0.25) is 11.8 Å². The fourth-order valence-electron chi connectivity index (χ4n) is 3.03. The van der Waals surface area contributed by atoms with Crippen LogP contribution in [0.5, 0.6) is 5.75 Å². The predicted molar refractivity (Wildman–Crippen MR) is 131 cm³/mol. The number of carbonyl (C=O) groups is 2. The lowest BCUT2D eigenvalue weighted by Gasteiger charge is -2.07. The van der Waals surface area contributed by atoms with Crippen LogP contribution in [0.2, 0.25) is 0 Å². The van der Waals surface area contributed by atoms with E-state index in [1.165, 1.54) is 10.5 Å². The zero-order valence-electron chi connectivity index (χ0n) is 17.2. The van der Waals surface area contributed by atoms with Crippen LogP contribution in [0.25, 0.3) is 6.08 Å². The van der Waals surface area contributed by atoms with E-state index >= 15 is 0 Å². The Kier molecular flexibility index (Phi) is 6.65. The van der Waals surface area contributed by atoms with Gasteiger partial charge in [0.25, 0.3) is 0 Å². The van der Waals surface area contributed by atoms with Gasteiger partial charge in [0.15, 0.2) is 5.70 Å². The predicted octanol–water partition coefficient (Wildman–Crippen LogP) is 5.17. The van der Waals surface area contributed by atoms with Gasteiger partial charge in [0.05, 0.1) is 0 Å². The molecule has 1 N–H and O–H groups in total. The number of nitrogens with zero attached hydrogens (tertiary/aromatic N) is 1. The van der Waals surface area contributed by atoms with Gasteiger partial charge in [-0.2, -0.15) is 0 Å². The van der Waals surface area contributed by atoms with Gasteiger partial charge in [-0.25, -0.2) is 9.79 Å². The van der Waals surface area contributed by atoms with Gasteiger partial charge in [-0.3, -0.25) is 4.79 Å². The van der Waals surface area contributed by atoms with Gasteiger partial charge in [0.1, 0.15) is 12.4 Å². The van der Waals surface area contributed by atoms with Crippen molar-refractivity contribution in [1.29, 1.82) is 0 Å². The first-order valence-corrected chi connectivity index (χ1v) is 10.9. The summed E-state index contributed by atoms with van der Waals surface area (Å²) in [6.45, 7) is 1.89. The lowest BCUT2D eigenvalue weighted by atomic mass is 10.2. The molecule has 0 aliphatic carbocycles. The smallest absolute Gasteiger partial charge is 0.363 e. The molecule has 1 amide bonds. The molecule has 0 atom stereocenters. The van der Waals surface area contributed by atoms with Crippen molar-refractivity contribution in [2.75, 3.05) is 5.32 Å². The molecular formula is C25H19IN2O4. The molecule has 0 saturated carbocycles. The lowest BCUT2D eigenvalue weighted by molar-refractivity contribution is -0.129. The van der Waals surface area contributed by atoms with E-state index in [1.54, 1.807) is 30.3 Å². The summed E-state index contributed by atoms with van der Waals surface area (Å²) in [4.78, 5) is 27.8. The number of aliphatic imine (C=N–C) groups is 1. The average Bonchev–Trinajstić information content (AvgIpc) is 3.14. The van der Waals surface area contributed by atoms with Gasteiger partial charge in [-0.1, -0.05) is 24.3 Å². The number of ether oxygens (including phenoxy) is 2. The molecule has 0 bridgehead atoms. The zero-order chi connectivity index (χ0) is 22.5. The molecule has 7 heteroatoms. The second-order valence-corrected chi connectivity index (χ2v) is 8.33. The molecule has 1 aliphatic rings. The molecule has 0 fully saturated rings. The van der Waals surface area contributed by atoms with Crippen LogP contribution in [-0.2, 0) is 20.9 Å². The number of halogens is 1. The first kappa shape index (κ1) is 21.8. The number of esters is 1. The molecular weight excluding hydrogens is 519 g/mol. The van der Waals surface area contributed by atoms with Crippen molar-refractivity contribution in [3.8, 4) is 5.75 Å². The highest BCUT2D eigenvalue weighted by Gasteiger charge is 2.24. The minimum atomic E-state index is -0.517. The Hall–Kier alpha value is -3.46. The van der Waals surface area contributed by atoms with Gasteiger partial charge in [-0.05, 0) is 88.3 Å². The SMILES string of the molecule is CC(=O)Nc1ccc(C2=N/C(=C\c3cccc(OCc4ccc(I)cc4)c3)C(=O)O2)cc1. The Labute approximate surface area is 199 Å². The van der Waals surface area contributed by atoms with Crippen molar-refractivity contribution >= 4 is 52.1 Å². The van der Waals surface area contributed by atoms with Crippen LogP contribution in [0.15, 0.2) is 83.5 Å². The Bertz CT molecular complexity index is 1220. The third-order valence-corrected chi connectivity index (χ3v) is 5.27. The van der Waals surface area contributed by atoms with Crippen LogP contribution >= 0.6 is 22.6 Å². The van der Waals surface area contributed by atoms with Gasteiger partial charge < -0.3 is 14.8 Å². The van der Waals surface area contributed by atoms with E-state index in [9.17, 15) is 9.59 Å². The quantitative estimate of drug-likeness (QED) is 0.267. The van der Waals surface area contributed by atoms with E-state index in [0.29, 0.717) is 23.6 Å². The third kappa shape index (κ3) is 5.61. The number of carbonyl (C=O) groups excluding carboxylic acids is 2. The summed E-state index contributed by atoms with van der Waals surface area (Å²) in [6, 6.07) is 22.5. The summed E-state index contributed by atoms with van der Waals surface area (Å²) in [6.07, 6.45) is 1.67. The van der Waals surface area contributed by atoms with Crippen molar-refractivity contribution < 1.29 is 19.1 Å². The average molecular weight is 538 g/mol. The normalized spacial score (nSPS) is 14.1. The first-order chi connectivity index (χ1) is 15.5. The topological polar surface area (TPSA) is 77.0 Å².